The number of hydrogen-bond donors (Lipinski definition) is 3. The SMILES string of the molecule is CNCc1cn(C[C@H]2O[C@@H](CC(=O)N(C)Cc3ccccc3)[C@H](O)[C@@H]2O)nn1. The highest BCUT2D eigenvalue weighted by Gasteiger charge is 2.43. The van der Waals surface area contributed by atoms with Gasteiger partial charge in [-0.25, -0.2) is 4.68 Å². The average Bonchev–Trinajstić information content (AvgIpc) is 3.23. The summed E-state index contributed by atoms with van der Waals surface area (Å²) in [6.07, 6.45) is -1.87. The minimum absolute atomic E-state index is 0.000419. The summed E-state index contributed by atoms with van der Waals surface area (Å²) in [5.74, 6) is -0.155. The molecule has 1 aliphatic rings. The Hall–Kier alpha value is -2.33. The molecule has 0 saturated carbocycles. The third-order valence-corrected chi connectivity index (χ3v) is 4.84. The van der Waals surface area contributed by atoms with Crippen LogP contribution in [0, 0.1) is 0 Å². The molecular weight excluding hydrogens is 362 g/mol. The van der Waals surface area contributed by atoms with Gasteiger partial charge in [0.1, 0.15) is 18.3 Å². The second-order valence-electron chi connectivity index (χ2n) is 7.10. The van der Waals surface area contributed by atoms with Crippen LogP contribution in [0.2, 0.25) is 0 Å². The van der Waals surface area contributed by atoms with Crippen molar-refractivity contribution >= 4 is 5.91 Å². The van der Waals surface area contributed by atoms with E-state index in [-0.39, 0.29) is 18.9 Å². The number of aliphatic hydroxyl groups excluding tert-OH is 2. The number of nitrogens with zero attached hydrogens (tertiary/aromatic N) is 4. The van der Waals surface area contributed by atoms with E-state index < -0.39 is 24.4 Å². The maximum Gasteiger partial charge on any atom is 0.225 e. The number of aromatic nitrogens is 3. The summed E-state index contributed by atoms with van der Waals surface area (Å²) in [4.78, 5) is 14.1. The second kappa shape index (κ2) is 9.24. The lowest BCUT2D eigenvalue weighted by molar-refractivity contribution is -0.134. The standard InChI is InChI=1S/C19H27N5O4/c1-20-9-14-11-24(22-21-14)12-16-19(27)18(26)15(28-16)8-17(25)23(2)10-13-6-4-3-5-7-13/h3-7,11,15-16,18-20,26-27H,8-10,12H2,1-2H3/t15-,16+,18-,19+/m0/s1. The van der Waals surface area contributed by atoms with Crippen LogP contribution in [0.15, 0.2) is 36.5 Å². The second-order valence-corrected chi connectivity index (χ2v) is 7.10. The van der Waals surface area contributed by atoms with Crippen LogP contribution in [0.25, 0.3) is 0 Å². The monoisotopic (exact) mass is 389 g/mol. The molecule has 1 aliphatic heterocycles. The van der Waals surface area contributed by atoms with Gasteiger partial charge in [0.25, 0.3) is 0 Å². The Balaban J connectivity index is 1.54. The molecule has 0 bridgehead atoms. The molecule has 0 aliphatic carbocycles. The summed E-state index contributed by atoms with van der Waals surface area (Å²) in [6, 6.07) is 9.66. The van der Waals surface area contributed by atoms with Crippen molar-refractivity contribution in [3.63, 3.8) is 0 Å². The van der Waals surface area contributed by atoms with Gasteiger partial charge in [-0.3, -0.25) is 4.79 Å². The van der Waals surface area contributed by atoms with Crippen LogP contribution in [0.1, 0.15) is 17.7 Å². The molecule has 3 rings (SSSR count). The quantitative estimate of drug-likeness (QED) is 0.560. The van der Waals surface area contributed by atoms with Gasteiger partial charge in [0.2, 0.25) is 5.91 Å². The Bertz CT molecular complexity index is 769. The first kappa shape index (κ1) is 20.4. The van der Waals surface area contributed by atoms with E-state index in [1.807, 2.05) is 37.4 Å². The van der Waals surface area contributed by atoms with E-state index >= 15 is 0 Å². The molecule has 1 aromatic heterocycles. The smallest absolute Gasteiger partial charge is 0.225 e. The topological polar surface area (TPSA) is 113 Å². The minimum atomic E-state index is -1.13. The number of hydrogen-bond acceptors (Lipinski definition) is 7. The zero-order valence-corrected chi connectivity index (χ0v) is 16.1. The fourth-order valence-electron chi connectivity index (χ4n) is 3.29. The summed E-state index contributed by atoms with van der Waals surface area (Å²) >= 11 is 0. The highest BCUT2D eigenvalue weighted by atomic mass is 16.5. The lowest BCUT2D eigenvalue weighted by Crippen LogP contribution is -2.36. The van der Waals surface area contributed by atoms with Crippen molar-refractivity contribution in [2.24, 2.45) is 0 Å². The summed E-state index contributed by atoms with van der Waals surface area (Å²) in [5.41, 5.74) is 1.79. The molecule has 1 aromatic carbocycles. The van der Waals surface area contributed by atoms with E-state index in [4.69, 9.17) is 4.74 Å². The summed E-state index contributed by atoms with van der Waals surface area (Å²) < 4.78 is 7.35. The maximum atomic E-state index is 12.5. The molecule has 1 saturated heterocycles. The van der Waals surface area contributed by atoms with Crippen LogP contribution >= 0.6 is 0 Å². The molecule has 28 heavy (non-hydrogen) atoms. The number of carbonyl (C=O) groups excluding carboxylic acids is 1. The van der Waals surface area contributed by atoms with Gasteiger partial charge in [-0.2, -0.15) is 0 Å². The third kappa shape index (κ3) is 4.93. The first-order valence-corrected chi connectivity index (χ1v) is 9.31. The summed E-state index contributed by atoms with van der Waals surface area (Å²) in [5, 5.41) is 31.6. The predicted molar refractivity (Wildman–Crippen MR) is 101 cm³/mol. The van der Waals surface area contributed by atoms with Gasteiger partial charge in [0, 0.05) is 26.3 Å². The zero-order chi connectivity index (χ0) is 20.1. The van der Waals surface area contributed by atoms with Crippen molar-refractivity contribution < 1.29 is 19.7 Å². The number of rotatable bonds is 8. The molecule has 9 nitrogen and oxygen atoms in total. The Kier molecular flexibility index (Phi) is 6.74. The Morgan fingerprint density at radius 1 is 1.25 bits per heavy atom. The molecular formula is C19H27N5O4. The van der Waals surface area contributed by atoms with E-state index in [1.54, 1.807) is 22.8 Å². The molecule has 4 atom stereocenters. The van der Waals surface area contributed by atoms with Crippen LogP contribution in [-0.4, -0.2) is 74.5 Å². The maximum absolute atomic E-state index is 12.5. The highest BCUT2D eigenvalue weighted by molar-refractivity contribution is 5.76. The molecule has 0 radical (unpaired) electrons. The molecule has 0 spiro atoms. The van der Waals surface area contributed by atoms with Crippen LogP contribution in [-0.2, 0) is 29.2 Å². The molecule has 0 unspecified atom stereocenters. The van der Waals surface area contributed by atoms with E-state index in [0.717, 1.165) is 11.3 Å². The van der Waals surface area contributed by atoms with Crippen LogP contribution in [0.4, 0.5) is 0 Å². The van der Waals surface area contributed by atoms with Crippen LogP contribution in [0.3, 0.4) is 0 Å². The third-order valence-electron chi connectivity index (χ3n) is 4.84. The summed E-state index contributed by atoms with van der Waals surface area (Å²) in [6.45, 7) is 1.31. The fraction of sp³-hybridized carbons (Fsp3) is 0.526. The van der Waals surface area contributed by atoms with Gasteiger partial charge in [0.05, 0.1) is 24.8 Å². The fourth-order valence-corrected chi connectivity index (χ4v) is 3.29. The molecule has 1 fully saturated rings. The predicted octanol–water partition coefficient (Wildman–Crippen LogP) is -0.465. The lowest BCUT2D eigenvalue weighted by atomic mass is 10.0. The van der Waals surface area contributed by atoms with E-state index in [2.05, 4.69) is 15.6 Å². The van der Waals surface area contributed by atoms with Crippen molar-refractivity contribution in [2.75, 3.05) is 14.1 Å². The largest absolute Gasteiger partial charge is 0.388 e. The average molecular weight is 389 g/mol. The van der Waals surface area contributed by atoms with Crippen molar-refractivity contribution in [1.29, 1.82) is 0 Å². The van der Waals surface area contributed by atoms with Gasteiger partial charge >= 0.3 is 0 Å². The Labute approximate surface area is 163 Å². The van der Waals surface area contributed by atoms with E-state index in [1.165, 1.54) is 0 Å². The normalized spacial score (nSPS) is 24.4. The molecule has 3 N–H and O–H groups in total. The van der Waals surface area contributed by atoms with Crippen molar-refractivity contribution in [3.05, 3.63) is 47.8 Å². The number of carbonyl (C=O) groups is 1. The van der Waals surface area contributed by atoms with Gasteiger partial charge in [0.15, 0.2) is 0 Å². The van der Waals surface area contributed by atoms with E-state index in [9.17, 15) is 15.0 Å². The Morgan fingerprint density at radius 2 is 1.96 bits per heavy atom. The molecule has 2 heterocycles. The zero-order valence-electron chi connectivity index (χ0n) is 16.1. The number of benzene rings is 1. The number of amides is 1. The van der Waals surface area contributed by atoms with Crippen molar-refractivity contribution in [2.45, 2.75) is 50.5 Å². The molecule has 2 aromatic rings. The van der Waals surface area contributed by atoms with Gasteiger partial charge in [-0.1, -0.05) is 35.5 Å². The molecule has 1 amide bonds. The van der Waals surface area contributed by atoms with Gasteiger partial charge in [-0.15, -0.1) is 5.10 Å². The number of nitrogens with one attached hydrogen (secondary N) is 1. The van der Waals surface area contributed by atoms with Crippen molar-refractivity contribution in [3.8, 4) is 0 Å². The summed E-state index contributed by atoms with van der Waals surface area (Å²) in [7, 11) is 3.53. The first-order chi connectivity index (χ1) is 13.5. The van der Waals surface area contributed by atoms with Gasteiger partial charge in [-0.05, 0) is 12.6 Å². The van der Waals surface area contributed by atoms with E-state index in [0.29, 0.717) is 13.1 Å². The van der Waals surface area contributed by atoms with Crippen LogP contribution in [0.5, 0.6) is 0 Å². The first-order valence-electron chi connectivity index (χ1n) is 9.31. The van der Waals surface area contributed by atoms with Crippen molar-refractivity contribution in [1.82, 2.24) is 25.2 Å². The molecule has 152 valence electrons. The highest BCUT2D eigenvalue weighted by Crippen LogP contribution is 2.25. The number of aliphatic hydroxyl groups is 2. The minimum Gasteiger partial charge on any atom is -0.388 e. The van der Waals surface area contributed by atoms with Gasteiger partial charge < -0.3 is 25.2 Å². The van der Waals surface area contributed by atoms with Crippen LogP contribution < -0.4 is 5.32 Å². The lowest BCUT2D eigenvalue weighted by Gasteiger charge is -2.21. The molecule has 9 heteroatoms. The Morgan fingerprint density at radius 3 is 2.68 bits per heavy atom. The number of ether oxygens (including phenoxy) is 1.